The van der Waals surface area contributed by atoms with Gasteiger partial charge in [-0.05, 0) is 24.3 Å². The van der Waals surface area contributed by atoms with Gasteiger partial charge in [-0.25, -0.2) is 8.42 Å². The molecule has 8 heteroatoms. The average molecular weight is 363 g/mol. The number of nitrogens with zero attached hydrogens (tertiary/aromatic N) is 1. The number of hydrogen-bond donors (Lipinski definition) is 1. The maximum absolute atomic E-state index is 12.6. The zero-order valence-corrected chi connectivity index (χ0v) is 13.3. The second kappa shape index (κ2) is 6.21. The lowest BCUT2D eigenvalue weighted by Crippen LogP contribution is -2.57. The molecule has 0 bridgehead atoms. The second-order valence-corrected chi connectivity index (χ2v) is 7.12. The molecule has 1 aromatic carbocycles. The molecule has 0 radical (unpaired) electrons. The molecule has 1 aliphatic rings. The first-order valence-corrected chi connectivity index (χ1v) is 8.26. The maximum Gasteiger partial charge on any atom is 0.325 e. The summed E-state index contributed by atoms with van der Waals surface area (Å²) in [5, 5.41) is 3.00. The Labute approximate surface area is 126 Å². The van der Waals surface area contributed by atoms with Crippen molar-refractivity contribution in [2.45, 2.75) is 10.9 Å². The van der Waals surface area contributed by atoms with Gasteiger partial charge in [-0.1, -0.05) is 15.9 Å². The molecule has 1 atom stereocenters. The van der Waals surface area contributed by atoms with E-state index < -0.39 is 22.0 Å². The second-order valence-electron chi connectivity index (χ2n) is 4.31. The van der Waals surface area contributed by atoms with Gasteiger partial charge in [0.2, 0.25) is 10.0 Å². The number of hydrogen-bond acceptors (Lipinski definition) is 5. The first kappa shape index (κ1) is 15.4. The highest BCUT2D eigenvalue weighted by Gasteiger charge is 2.38. The normalized spacial score (nSPS) is 20.6. The van der Waals surface area contributed by atoms with E-state index >= 15 is 0 Å². The fourth-order valence-electron chi connectivity index (χ4n) is 2.05. The molecular formula is C12H15BrN2O4S. The summed E-state index contributed by atoms with van der Waals surface area (Å²) in [4.78, 5) is 11.9. The van der Waals surface area contributed by atoms with Gasteiger partial charge in [0.15, 0.2) is 0 Å². The smallest absolute Gasteiger partial charge is 0.325 e. The standard InChI is InChI=1S/C12H15BrN2O4S/c1-19-12(16)11-8-14-6-7-15(11)20(17,18)10-4-2-9(13)3-5-10/h2-5,11,14H,6-8H2,1H3. The fourth-order valence-corrected chi connectivity index (χ4v) is 3.89. The first-order chi connectivity index (χ1) is 9.46. The number of methoxy groups -OCH3 is 1. The van der Waals surface area contributed by atoms with Gasteiger partial charge in [-0.15, -0.1) is 0 Å². The number of halogens is 1. The van der Waals surface area contributed by atoms with Crippen LogP contribution in [-0.2, 0) is 19.6 Å². The van der Waals surface area contributed by atoms with Crippen molar-refractivity contribution in [3.8, 4) is 0 Å². The molecule has 0 aliphatic carbocycles. The van der Waals surface area contributed by atoms with Crippen molar-refractivity contribution in [1.82, 2.24) is 9.62 Å². The van der Waals surface area contributed by atoms with E-state index in [-0.39, 0.29) is 18.0 Å². The van der Waals surface area contributed by atoms with Crippen LogP contribution in [0.25, 0.3) is 0 Å². The Bertz CT molecular complexity index is 588. The fraction of sp³-hybridized carbons (Fsp3) is 0.417. The molecule has 6 nitrogen and oxygen atoms in total. The number of carbonyl (C=O) groups excluding carboxylic acids is 1. The van der Waals surface area contributed by atoms with Crippen LogP contribution in [0.15, 0.2) is 33.6 Å². The lowest BCUT2D eigenvalue weighted by molar-refractivity contribution is -0.145. The minimum absolute atomic E-state index is 0.163. The Morgan fingerprint density at radius 3 is 2.65 bits per heavy atom. The number of carbonyl (C=O) groups is 1. The van der Waals surface area contributed by atoms with Crippen LogP contribution in [0.2, 0.25) is 0 Å². The van der Waals surface area contributed by atoms with Crippen molar-refractivity contribution in [2.24, 2.45) is 0 Å². The van der Waals surface area contributed by atoms with Gasteiger partial charge in [-0.2, -0.15) is 4.31 Å². The largest absolute Gasteiger partial charge is 0.468 e. The van der Waals surface area contributed by atoms with E-state index in [2.05, 4.69) is 26.0 Å². The third-order valence-electron chi connectivity index (χ3n) is 3.09. The van der Waals surface area contributed by atoms with Crippen LogP contribution in [0.1, 0.15) is 0 Å². The Hall–Kier alpha value is -0.960. The predicted molar refractivity (Wildman–Crippen MR) is 76.7 cm³/mol. The monoisotopic (exact) mass is 362 g/mol. The molecule has 1 fully saturated rings. The minimum atomic E-state index is -3.71. The van der Waals surface area contributed by atoms with E-state index in [1.165, 1.54) is 23.5 Å². The Morgan fingerprint density at radius 2 is 2.05 bits per heavy atom. The topological polar surface area (TPSA) is 75.7 Å². The van der Waals surface area contributed by atoms with E-state index in [0.29, 0.717) is 6.54 Å². The lowest BCUT2D eigenvalue weighted by atomic mass is 10.2. The van der Waals surface area contributed by atoms with Crippen molar-refractivity contribution >= 4 is 31.9 Å². The van der Waals surface area contributed by atoms with Gasteiger partial charge in [0.05, 0.1) is 12.0 Å². The summed E-state index contributed by atoms with van der Waals surface area (Å²) in [6.45, 7) is 0.990. The van der Waals surface area contributed by atoms with Gasteiger partial charge >= 0.3 is 5.97 Å². The molecule has 1 aromatic rings. The van der Waals surface area contributed by atoms with E-state index in [9.17, 15) is 13.2 Å². The highest BCUT2D eigenvalue weighted by Crippen LogP contribution is 2.21. The quantitative estimate of drug-likeness (QED) is 0.796. The molecule has 0 aromatic heterocycles. The molecule has 0 amide bonds. The van der Waals surface area contributed by atoms with E-state index in [1.807, 2.05) is 0 Å². The SMILES string of the molecule is COC(=O)C1CNCCN1S(=O)(=O)c1ccc(Br)cc1. The molecule has 1 saturated heterocycles. The Kier molecular flexibility index (Phi) is 4.79. The lowest BCUT2D eigenvalue weighted by Gasteiger charge is -2.33. The van der Waals surface area contributed by atoms with E-state index in [4.69, 9.17) is 0 Å². The summed E-state index contributed by atoms with van der Waals surface area (Å²) in [5.74, 6) is -0.558. The van der Waals surface area contributed by atoms with Crippen molar-refractivity contribution < 1.29 is 17.9 Å². The van der Waals surface area contributed by atoms with Crippen LogP contribution in [0, 0.1) is 0 Å². The van der Waals surface area contributed by atoms with E-state index in [1.54, 1.807) is 12.1 Å². The van der Waals surface area contributed by atoms with Crippen LogP contribution in [0.3, 0.4) is 0 Å². The van der Waals surface area contributed by atoms with E-state index in [0.717, 1.165) is 4.47 Å². The Balaban J connectivity index is 2.35. The zero-order valence-electron chi connectivity index (χ0n) is 10.9. The van der Waals surface area contributed by atoms with Gasteiger partial charge in [0.25, 0.3) is 0 Å². The first-order valence-electron chi connectivity index (χ1n) is 6.03. The third-order valence-corrected chi connectivity index (χ3v) is 5.54. The number of nitrogens with one attached hydrogen (secondary N) is 1. The predicted octanol–water partition coefficient (Wildman–Crippen LogP) is 0.585. The summed E-state index contributed by atoms with van der Waals surface area (Å²) in [7, 11) is -2.46. The minimum Gasteiger partial charge on any atom is -0.468 e. The molecule has 1 N–H and O–H groups in total. The van der Waals surface area contributed by atoms with Crippen LogP contribution in [-0.4, -0.2) is 51.5 Å². The van der Waals surface area contributed by atoms with Gasteiger partial charge in [0, 0.05) is 24.1 Å². The number of benzene rings is 1. The van der Waals surface area contributed by atoms with Gasteiger partial charge in [-0.3, -0.25) is 4.79 Å². The summed E-state index contributed by atoms with van der Waals surface area (Å²) in [6.07, 6.45) is 0. The van der Waals surface area contributed by atoms with Crippen LogP contribution in [0.5, 0.6) is 0 Å². The number of piperazine rings is 1. The van der Waals surface area contributed by atoms with Gasteiger partial charge in [0.1, 0.15) is 6.04 Å². The molecular weight excluding hydrogens is 348 g/mol. The van der Waals surface area contributed by atoms with Gasteiger partial charge < -0.3 is 10.1 Å². The molecule has 110 valence electrons. The summed E-state index contributed by atoms with van der Waals surface area (Å²) >= 11 is 3.26. The molecule has 0 spiro atoms. The maximum atomic E-state index is 12.6. The highest BCUT2D eigenvalue weighted by atomic mass is 79.9. The summed E-state index contributed by atoms with van der Waals surface area (Å²) in [5.41, 5.74) is 0. The van der Waals surface area contributed by atoms with Crippen LogP contribution in [0.4, 0.5) is 0 Å². The van der Waals surface area contributed by atoms with Crippen LogP contribution < -0.4 is 5.32 Å². The molecule has 2 rings (SSSR count). The van der Waals surface area contributed by atoms with Crippen molar-refractivity contribution in [3.05, 3.63) is 28.7 Å². The molecule has 0 saturated carbocycles. The summed E-state index contributed by atoms with van der Waals surface area (Å²) in [6, 6.07) is 5.50. The summed E-state index contributed by atoms with van der Waals surface area (Å²) < 4.78 is 31.9. The zero-order chi connectivity index (χ0) is 14.8. The van der Waals surface area contributed by atoms with Crippen molar-refractivity contribution in [2.75, 3.05) is 26.7 Å². The molecule has 1 aliphatic heterocycles. The van der Waals surface area contributed by atoms with Crippen molar-refractivity contribution in [1.29, 1.82) is 0 Å². The molecule has 1 heterocycles. The van der Waals surface area contributed by atoms with Crippen molar-refractivity contribution in [3.63, 3.8) is 0 Å². The molecule has 20 heavy (non-hydrogen) atoms. The number of esters is 1. The third kappa shape index (κ3) is 3.03. The Morgan fingerprint density at radius 1 is 1.40 bits per heavy atom. The number of ether oxygens (including phenoxy) is 1. The number of rotatable bonds is 3. The molecule has 1 unspecified atom stereocenters. The number of sulfonamides is 1. The average Bonchev–Trinajstić information content (AvgIpc) is 2.47. The van der Waals surface area contributed by atoms with Crippen LogP contribution >= 0.6 is 15.9 Å². The highest BCUT2D eigenvalue weighted by molar-refractivity contribution is 9.10.